The lowest BCUT2D eigenvalue weighted by Crippen LogP contribution is -2.39. The standard InChI is InChI=1S/C24H27NO3/c1-17-4-5-19(18(2)16-17)8-11-23(26)25-14-12-21(13-15-25)24(27)20-6-9-22(28-3)10-7-20/h4-11,16,21H,12-15H2,1-3H3. The summed E-state index contributed by atoms with van der Waals surface area (Å²) in [6.45, 7) is 5.33. The van der Waals surface area contributed by atoms with Gasteiger partial charge in [-0.2, -0.15) is 0 Å². The van der Waals surface area contributed by atoms with E-state index in [2.05, 4.69) is 13.0 Å². The fraction of sp³-hybridized carbons (Fsp3) is 0.333. The van der Waals surface area contributed by atoms with Crippen molar-refractivity contribution in [2.24, 2.45) is 5.92 Å². The largest absolute Gasteiger partial charge is 0.497 e. The summed E-state index contributed by atoms with van der Waals surface area (Å²) in [6, 6.07) is 13.4. The molecule has 0 bridgehead atoms. The van der Waals surface area contributed by atoms with Gasteiger partial charge in [-0.15, -0.1) is 0 Å². The van der Waals surface area contributed by atoms with E-state index in [4.69, 9.17) is 4.74 Å². The van der Waals surface area contributed by atoms with E-state index in [0.717, 1.165) is 16.9 Å². The monoisotopic (exact) mass is 377 g/mol. The third-order valence-electron chi connectivity index (χ3n) is 5.38. The van der Waals surface area contributed by atoms with E-state index in [1.807, 2.05) is 54.3 Å². The Morgan fingerprint density at radius 1 is 1.04 bits per heavy atom. The normalized spacial score (nSPS) is 15.0. The zero-order chi connectivity index (χ0) is 20.1. The second-order valence-electron chi connectivity index (χ2n) is 7.39. The third-order valence-corrected chi connectivity index (χ3v) is 5.38. The molecular formula is C24H27NO3. The topological polar surface area (TPSA) is 46.6 Å². The Hall–Kier alpha value is -2.88. The lowest BCUT2D eigenvalue weighted by molar-refractivity contribution is -0.127. The molecule has 1 heterocycles. The number of ketones is 1. The van der Waals surface area contributed by atoms with Crippen LogP contribution in [0.2, 0.25) is 0 Å². The van der Waals surface area contributed by atoms with Gasteiger partial charge in [-0.25, -0.2) is 0 Å². The maximum atomic E-state index is 12.7. The van der Waals surface area contributed by atoms with Crippen molar-refractivity contribution in [1.82, 2.24) is 4.90 Å². The fourth-order valence-electron chi connectivity index (χ4n) is 3.63. The van der Waals surface area contributed by atoms with Crippen molar-refractivity contribution in [2.75, 3.05) is 20.2 Å². The van der Waals surface area contributed by atoms with E-state index in [1.165, 1.54) is 5.56 Å². The van der Waals surface area contributed by atoms with Crippen molar-refractivity contribution in [2.45, 2.75) is 26.7 Å². The van der Waals surface area contributed by atoms with E-state index in [0.29, 0.717) is 31.5 Å². The molecule has 2 aromatic carbocycles. The van der Waals surface area contributed by atoms with E-state index >= 15 is 0 Å². The minimum atomic E-state index is -0.0271. The number of aryl methyl sites for hydroxylation is 2. The van der Waals surface area contributed by atoms with Gasteiger partial charge in [0.2, 0.25) is 5.91 Å². The highest BCUT2D eigenvalue weighted by Gasteiger charge is 2.27. The van der Waals surface area contributed by atoms with Gasteiger partial charge in [0.05, 0.1) is 7.11 Å². The maximum Gasteiger partial charge on any atom is 0.246 e. The van der Waals surface area contributed by atoms with Gasteiger partial charge in [0.15, 0.2) is 5.78 Å². The van der Waals surface area contributed by atoms with Crippen LogP contribution >= 0.6 is 0 Å². The quantitative estimate of drug-likeness (QED) is 0.571. The van der Waals surface area contributed by atoms with Gasteiger partial charge in [0.1, 0.15) is 5.75 Å². The van der Waals surface area contributed by atoms with Gasteiger partial charge in [-0.1, -0.05) is 23.8 Å². The molecule has 1 aliphatic heterocycles. The van der Waals surface area contributed by atoms with Crippen molar-refractivity contribution in [3.63, 3.8) is 0 Å². The van der Waals surface area contributed by atoms with Crippen LogP contribution in [0.5, 0.6) is 5.75 Å². The summed E-state index contributed by atoms with van der Waals surface area (Å²) in [4.78, 5) is 27.0. The molecule has 0 N–H and O–H groups in total. The Balaban J connectivity index is 1.56. The number of rotatable bonds is 5. The van der Waals surface area contributed by atoms with Crippen LogP contribution < -0.4 is 4.74 Å². The second-order valence-corrected chi connectivity index (χ2v) is 7.39. The number of Topliss-reactive ketones (excluding diaryl/α,β-unsaturated/α-hetero) is 1. The maximum absolute atomic E-state index is 12.7. The summed E-state index contributed by atoms with van der Waals surface area (Å²) in [5, 5.41) is 0. The Labute approximate surface area is 166 Å². The number of ether oxygens (including phenoxy) is 1. The first-order chi connectivity index (χ1) is 13.5. The number of hydrogen-bond acceptors (Lipinski definition) is 3. The molecule has 0 saturated carbocycles. The van der Waals surface area contributed by atoms with Gasteiger partial charge in [-0.05, 0) is 68.2 Å². The first-order valence-corrected chi connectivity index (χ1v) is 9.70. The summed E-state index contributed by atoms with van der Waals surface area (Å²) < 4.78 is 5.14. The molecule has 4 nitrogen and oxygen atoms in total. The van der Waals surface area contributed by atoms with Crippen LogP contribution in [0.3, 0.4) is 0 Å². The number of piperidine rings is 1. The molecule has 1 saturated heterocycles. The molecule has 0 radical (unpaired) electrons. The minimum Gasteiger partial charge on any atom is -0.497 e. The zero-order valence-corrected chi connectivity index (χ0v) is 16.8. The highest BCUT2D eigenvalue weighted by molar-refractivity contribution is 5.98. The summed E-state index contributed by atoms with van der Waals surface area (Å²) in [5.74, 6) is 0.879. The lowest BCUT2D eigenvalue weighted by atomic mass is 9.89. The molecule has 0 unspecified atom stereocenters. The molecule has 3 rings (SSSR count). The Kier molecular flexibility index (Phi) is 6.30. The fourth-order valence-corrected chi connectivity index (χ4v) is 3.63. The summed E-state index contributed by atoms with van der Waals surface area (Å²) in [5.41, 5.74) is 4.14. The molecule has 146 valence electrons. The smallest absolute Gasteiger partial charge is 0.246 e. The van der Waals surface area contributed by atoms with Crippen LogP contribution in [-0.4, -0.2) is 36.8 Å². The average molecular weight is 377 g/mol. The molecule has 28 heavy (non-hydrogen) atoms. The van der Waals surface area contributed by atoms with E-state index in [9.17, 15) is 9.59 Å². The Morgan fingerprint density at radius 2 is 1.71 bits per heavy atom. The van der Waals surface area contributed by atoms with Crippen LogP contribution in [0, 0.1) is 19.8 Å². The third kappa shape index (κ3) is 4.69. The lowest BCUT2D eigenvalue weighted by Gasteiger charge is -2.30. The molecule has 1 aliphatic rings. The van der Waals surface area contributed by atoms with Crippen LogP contribution in [0.15, 0.2) is 48.5 Å². The van der Waals surface area contributed by atoms with Gasteiger partial charge < -0.3 is 9.64 Å². The number of likely N-dealkylation sites (tertiary alicyclic amines) is 1. The molecule has 1 amide bonds. The van der Waals surface area contributed by atoms with Crippen molar-refractivity contribution in [3.8, 4) is 5.75 Å². The molecule has 0 aromatic heterocycles. The number of amides is 1. The van der Waals surface area contributed by atoms with Crippen molar-refractivity contribution >= 4 is 17.8 Å². The van der Waals surface area contributed by atoms with Gasteiger partial charge in [0, 0.05) is 30.6 Å². The summed E-state index contributed by atoms with van der Waals surface area (Å²) >= 11 is 0. The van der Waals surface area contributed by atoms with Crippen molar-refractivity contribution in [3.05, 3.63) is 70.8 Å². The number of carbonyl (C=O) groups excluding carboxylic acids is 2. The van der Waals surface area contributed by atoms with E-state index in [-0.39, 0.29) is 17.6 Å². The zero-order valence-electron chi connectivity index (χ0n) is 16.8. The predicted molar refractivity (Wildman–Crippen MR) is 112 cm³/mol. The van der Waals surface area contributed by atoms with Crippen LogP contribution in [0.1, 0.15) is 39.9 Å². The predicted octanol–water partition coefficient (Wildman–Crippen LogP) is 4.45. The van der Waals surface area contributed by atoms with Gasteiger partial charge >= 0.3 is 0 Å². The van der Waals surface area contributed by atoms with Crippen molar-refractivity contribution in [1.29, 1.82) is 0 Å². The number of methoxy groups -OCH3 is 1. The molecule has 0 aliphatic carbocycles. The number of carbonyl (C=O) groups is 2. The Bertz CT molecular complexity index is 875. The van der Waals surface area contributed by atoms with E-state index < -0.39 is 0 Å². The molecule has 0 atom stereocenters. The summed E-state index contributed by atoms with van der Waals surface area (Å²) in [7, 11) is 1.61. The van der Waals surface area contributed by atoms with Crippen LogP contribution in [-0.2, 0) is 4.79 Å². The van der Waals surface area contributed by atoms with Crippen LogP contribution in [0.25, 0.3) is 6.08 Å². The first-order valence-electron chi connectivity index (χ1n) is 9.70. The minimum absolute atomic E-state index is 0.00956. The summed E-state index contributed by atoms with van der Waals surface area (Å²) in [6.07, 6.45) is 4.93. The highest BCUT2D eigenvalue weighted by Crippen LogP contribution is 2.23. The SMILES string of the molecule is COc1ccc(C(=O)C2CCN(C(=O)C=Cc3ccc(C)cc3C)CC2)cc1. The molecule has 4 heteroatoms. The van der Waals surface area contributed by atoms with Gasteiger partial charge in [-0.3, -0.25) is 9.59 Å². The number of hydrogen-bond donors (Lipinski definition) is 0. The first kappa shape index (κ1) is 19.9. The number of benzene rings is 2. The molecular weight excluding hydrogens is 350 g/mol. The van der Waals surface area contributed by atoms with Crippen molar-refractivity contribution < 1.29 is 14.3 Å². The number of nitrogens with zero attached hydrogens (tertiary/aromatic N) is 1. The molecule has 1 fully saturated rings. The van der Waals surface area contributed by atoms with E-state index in [1.54, 1.807) is 13.2 Å². The molecule has 2 aromatic rings. The Morgan fingerprint density at radius 3 is 2.32 bits per heavy atom. The average Bonchev–Trinajstić information content (AvgIpc) is 2.72. The second kappa shape index (κ2) is 8.87. The molecule has 0 spiro atoms. The highest BCUT2D eigenvalue weighted by atomic mass is 16.5. The van der Waals surface area contributed by atoms with Gasteiger partial charge in [0.25, 0.3) is 0 Å². The van der Waals surface area contributed by atoms with Crippen LogP contribution in [0.4, 0.5) is 0 Å².